The number of hydrogen-bond acceptors (Lipinski definition) is 1. The molecule has 1 nitrogen and oxygen atoms in total. The number of allylic oxidation sites excluding steroid dienone is 2. The molecule has 0 N–H and O–H groups in total. The molecule has 1 fully saturated rings. The average molecular weight is 265 g/mol. The minimum Gasteiger partial charge on any atom is -0.416 e. The highest BCUT2D eigenvalue weighted by Crippen LogP contribution is 2.43. The maximum atomic E-state index is 6.35. The van der Waals surface area contributed by atoms with Crippen molar-refractivity contribution >= 4 is 9.04 Å². The summed E-state index contributed by atoms with van der Waals surface area (Å²) in [6.45, 7) is 5.65. The van der Waals surface area contributed by atoms with E-state index >= 15 is 0 Å². The van der Waals surface area contributed by atoms with Gasteiger partial charge in [0.1, 0.15) is 0 Å². The van der Waals surface area contributed by atoms with Gasteiger partial charge in [-0.25, -0.2) is 0 Å². The van der Waals surface area contributed by atoms with Crippen LogP contribution in [0.3, 0.4) is 0 Å². The Labute approximate surface area is 115 Å². The molecule has 3 unspecified atom stereocenters. The molecule has 2 bridgehead atoms. The third-order valence-corrected chi connectivity index (χ3v) is 6.93. The Morgan fingerprint density at radius 3 is 2.28 bits per heavy atom. The summed E-state index contributed by atoms with van der Waals surface area (Å²) in [5.74, 6) is 2.60. The van der Waals surface area contributed by atoms with E-state index in [4.69, 9.17) is 4.43 Å². The Bertz CT molecular complexity index is 256. The molecule has 2 heteroatoms. The number of unbranched alkanes of at least 4 members (excludes halogenated alkanes) is 2. The van der Waals surface area contributed by atoms with Gasteiger partial charge < -0.3 is 4.43 Å². The van der Waals surface area contributed by atoms with Crippen LogP contribution in [0.1, 0.15) is 52.4 Å². The summed E-state index contributed by atoms with van der Waals surface area (Å²) in [7, 11) is -0.497. The fraction of sp³-hybridized carbons (Fsp3) is 0.875. The summed E-state index contributed by atoms with van der Waals surface area (Å²) in [4.78, 5) is 0. The van der Waals surface area contributed by atoms with E-state index in [0.717, 1.165) is 24.4 Å². The molecule has 0 aromatic rings. The lowest BCUT2D eigenvalue weighted by Crippen LogP contribution is -2.24. The number of fused-ring (bicyclic) bond motifs is 2. The fourth-order valence-corrected chi connectivity index (χ4v) is 5.81. The first kappa shape index (κ1) is 14.3. The zero-order valence-corrected chi connectivity index (χ0v) is 13.2. The zero-order chi connectivity index (χ0) is 12.8. The van der Waals surface area contributed by atoms with Crippen LogP contribution in [0.2, 0.25) is 12.1 Å². The van der Waals surface area contributed by atoms with Crippen molar-refractivity contribution in [1.29, 1.82) is 0 Å². The lowest BCUT2D eigenvalue weighted by Gasteiger charge is -2.22. The summed E-state index contributed by atoms with van der Waals surface area (Å²) >= 11 is 0. The van der Waals surface area contributed by atoms with Crippen molar-refractivity contribution in [2.75, 3.05) is 6.61 Å². The van der Waals surface area contributed by atoms with Gasteiger partial charge in [-0.3, -0.25) is 0 Å². The van der Waals surface area contributed by atoms with Crippen LogP contribution >= 0.6 is 0 Å². The highest BCUT2D eigenvalue weighted by molar-refractivity contribution is 6.51. The second-order valence-corrected chi connectivity index (χ2v) is 8.46. The average Bonchev–Trinajstić information content (AvgIpc) is 3.00. The summed E-state index contributed by atoms with van der Waals surface area (Å²) in [6.07, 6.45) is 13.1. The van der Waals surface area contributed by atoms with E-state index in [2.05, 4.69) is 26.0 Å². The summed E-state index contributed by atoms with van der Waals surface area (Å²) in [5, 5.41) is 0. The van der Waals surface area contributed by atoms with Crippen LogP contribution < -0.4 is 0 Å². The second kappa shape index (κ2) is 7.49. The standard InChI is InChI=1S/C16H29OSi/c1-3-5-9-18(10-6-4-2)17-13-16-12-14-7-8-15(16)11-14/h7-8,14-16H,3-6,9-13H2,1-2H3. The lowest BCUT2D eigenvalue weighted by atomic mass is 9.95. The Morgan fingerprint density at radius 2 is 1.78 bits per heavy atom. The van der Waals surface area contributed by atoms with Crippen LogP contribution in [0.4, 0.5) is 0 Å². The molecule has 0 aromatic carbocycles. The smallest absolute Gasteiger partial charge is 0.211 e. The second-order valence-electron chi connectivity index (χ2n) is 6.10. The van der Waals surface area contributed by atoms with Gasteiger partial charge in [-0.05, 0) is 42.7 Å². The normalized spacial score (nSPS) is 29.6. The van der Waals surface area contributed by atoms with Gasteiger partial charge in [-0.2, -0.15) is 0 Å². The van der Waals surface area contributed by atoms with Crippen molar-refractivity contribution in [1.82, 2.24) is 0 Å². The summed E-state index contributed by atoms with van der Waals surface area (Å²) < 4.78 is 6.35. The molecule has 0 aromatic heterocycles. The molecule has 103 valence electrons. The molecule has 2 aliphatic rings. The number of hydrogen-bond donors (Lipinski definition) is 0. The van der Waals surface area contributed by atoms with E-state index in [-0.39, 0.29) is 0 Å². The maximum Gasteiger partial charge on any atom is 0.211 e. The Hall–Kier alpha value is -0.0831. The van der Waals surface area contributed by atoms with Gasteiger partial charge >= 0.3 is 0 Å². The first-order valence-electron chi connectivity index (χ1n) is 7.99. The quantitative estimate of drug-likeness (QED) is 0.429. The van der Waals surface area contributed by atoms with Crippen LogP contribution in [-0.4, -0.2) is 15.6 Å². The molecule has 1 saturated carbocycles. The first-order valence-corrected chi connectivity index (χ1v) is 9.81. The Morgan fingerprint density at radius 1 is 1.06 bits per heavy atom. The van der Waals surface area contributed by atoms with Crippen molar-refractivity contribution in [3.63, 3.8) is 0 Å². The summed E-state index contributed by atoms with van der Waals surface area (Å²) in [6, 6.07) is 2.75. The molecular weight excluding hydrogens is 236 g/mol. The van der Waals surface area contributed by atoms with Crippen molar-refractivity contribution in [3.8, 4) is 0 Å². The van der Waals surface area contributed by atoms with Crippen LogP contribution in [0, 0.1) is 17.8 Å². The van der Waals surface area contributed by atoms with E-state index in [0.29, 0.717) is 0 Å². The topological polar surface area (TPSA) is 9.23 Å². The molecular formula is C16H29OSi. The monoisotopic (exact) mass is 265 g/mol. The SMILES string of the molecule is CCCC[Si](CCCC)OCC1CC2C=CC1C2. The van der Waals surface area contributed by atoms with Gasteiger partial charge in [0.25, 0.3) is 0 Å². The van der Waals surface area contributed by atoms with Crippen LogP contribution in [0.5, 0.6) is 0 Å². The molecule has 0 amide bonds. The molecule has 0 saturated heterocycles. The number of rotatable bonds is 9. The third kappa shape index (κ3) is 3.96. The predicted molar refractivity (Wildman–Crippen MR) is 80.0 cm³/mol. The van der Waals surface area contributed by atoms with Crippen LogP contribution in [0.25, 0.3) is 0 Å². The fourth-order valence-electron chi connectivity index (χ4n) is 3.33. The highest BCUT2D eigenvalue weighted by atomic mass is 28.3. The minimum atomic E-state index is -0.497. The molecule has 1 radical (unpaired) electrons. The largest absolute Gasteiger partial charge is 0.416 e. The van der Waals surface area contributed by atoms with Gasteiger partial charge in [-0.15, -0.1) is 0 Å². The van der Waals surface area contributed by atoms with Crippen molar-refractivity contribution < 1.29 is 4.43 Å². The molecule has 0 heterocycles. The van der Waals surface area contributed by atoms with Gasteiger partial charge in [0, 0.05) is 6.61 Å². The van der Waals surface area contributed by atoms with Gasteiger partial charge in [0.2, 0.25) is 9.04 Å². The molecule has 18 heavy (non-hydrogen) atoms. The summed E-state index contributed by atoms with van der Waals surface area (Å²) in [5.41, 5.74) is 0. The minimum absolute atomic E-state index is 0.497. The van der Waals surface area contributed by atoms with Crippen molar-refractivity contribution in [2.24, 2.45) is 17.8 Å². The highest BCUT2D eigenvalue weighted by Gasteiger charge is 2.35. The Kier molecular flexibility index (Phi) is 5.96. The molecule has 2 rings (SSSR count). The predicted octanol–water partition coefficient (Wildman–Crippen LogP) is 4.81. The zero-order valence-electron chi connectivity index (χ0n) is 12.2. The molecule has 2 aliphatic carbocycles. The lowest BCUT2D eigenvalue weighted by molar-refractivity contribution is 0.225. The van der Waals surface area contributed by atoms with Crippen LogP contribution in [0.15, 0.2) is 12.2 Å². The van der Waals surface area contributed by atoms with Crippen molar-refractivity contribution in [3.05, 3.63) is 12.2 Å². The van der Waals surface area contributed by atoms with Gasteiger partial charge in [-0.1, -0.05) is 51.7 Å². The molecule has 0 spiro atoms. The Balaban J connectivity index is 1.69. The van der Waals surface area contributed by atoms with E-state index in [1.54, 1.807) is 0 Å². The van der Waals surface area contributed by atoms with E-state index in [1.807, 2.05) is 0 Å². The maximum absolute atomic E-state index is 6.35. The van der Waals surface area contributed by atoms with Gasteiger partial charge in [0.05, 0.1) is 0 Å². The van der Waals surface area contributed by atoms with Crippen molar-refractivity contribution in [2.45, 2.75) is 64.5 Å². The first-order chi connectivity index (χ1) is 8.83. The van der Waals surface area contributed by atoms with Gasteiger partial charge in [0.15, 0.2) is 0 Å². The molecule has 3 atom stereocenters. The van der Waals surface area contributed by atoms with E-state index < -0.39 is 9.04 Å². The molecule has 0 aliphatic heterocycles. The third-order valence-electron chi connectivity index (χ3n) is 4.54. The van der Waals surface area contributed by atoms with Crippen LogP contribution in [-0.2, 0) is 4.43 Å². The van der Waals surface area contributed by atoms with E-state index in [9.17, 15) is 0 Å². The van der Waals surface area contributed by atoms with E-state index in [1.165, 1.54) is 50.6 Å².